The van der Waals surface area contributed by atoms with Crippen LogP contribution in [0, 0.1) is 0 Å². The Morgan fingerprint density at radius 3 is 3.16 bits per heavy atom. The minimum Gasteiger partial charge on any atom is -0.463 e. The van der Waals surface area contributed by atoms with Gasteiger partial charge in [-0.1, -0.05) is 6.07 Å². The molecule has 0 fully saturated rings. The van der Waals surface area contributed by atoms with Crippen molar-refractivity contribution in [2.45, 2.75) is 19.8 Å². The fourth-order valence-corrected chi connectivity index (χ4v) is 1.49. The van der Waals surface area contributed by atoms with E-state index < -0.39 is 0 Å². The van der Waals surface area contributed by atoms with Crippen molar-refractivity contribution in [1.29, 1.82) is 0 Å². The van der Waals surface area contributed by atoms with Crippen LogP contribution in [0.2, 0.25) is 0 Å². The molecular formula is C12H15N5O2. The molecule has 2 N–H and O–H groups in total. The first-order valence-electron chi connectivity index (χ1n) is 6.02. The largest absolute Gasteiger partial charge is 0.463 e. The molecule has 0 aliphatic carbocycles. The van der Waals surface area contributed by atoms with Gasteiger partial charge in [0.2, 0.25) is 11.9 Å². The molecule has 2 aromatic heterocycles. The van der Waals surface area contributed by atoms with Crippen LogP contribution in [-0.4, -0.2) is 32.7 Å². The Labute approximate surface area is 110 Å². The Bertz CT molecular complexity index is 526. The molecule has 2 rings (SSSR count). The number of nitrogens with one attached hydrogen (secondary N) is 2. The van der Waals surface area contributed by atoms with Crippen LogP contribution in [0.15, 0.2) is 24.5 Å². The standard InChI is InChI=1S/C12H15N5O2/c1-2-19-12-15-11(16-17-12)14-10(18)6-5-9-4-3-7-13-8-9/h3-4,7-8H,2,5-6H2,1H3,(H2,14,15,16,17,18). The number of hydrogen-bond donors (Lipinski definition) is 2. The van der Waals surface area contributed by atoms with Gasteiger partial charge in [-0.15, -0.1) is 5.10 Å². The molecule has 0 atom stereocenters. The van der Waals surface area contributed by atoms with E-state index in [1.807, 2.05) is 19.1 Å². The molecule has 0 saturated heterocycles. The number of rotatable bonds is 6. The lowest BCUT2D eigenvalue weighted by molar-refractivity contribution is -0.116. The molecular weight excluding hydrogens is 246 g/mol. The fraction of sp³-hybridized carbons (Fsp3) is 0.333. The molecule has 7 nitrogen and oxygen atoms in total. The molecule has 0 saturated carbocycles. The molecule has 0 aliphatic heterocycles. The topological polar surface area (TPSA) is 92.8 Å². The normalized spacial score (nSPS) is 10.2. The zero-order valence-corrected chi connectivity index (χ0v) is 10.6. The van der Waals surface area contributed by atoms with Crippen LogP contribution in [0.4, 0.5) is 5.95 Å². The van der Waals surface area contributed by atoms with Crippen molar-refractivity contribution in [2.24, 2.45) is 0 Å². The number of pyridine rings is 1. The van der Waals surface area contributed by atoms with E-state index in [0.29, 0.717) is 25.4 Å². The minimum atomic E-state index is -0.136. The monoisotopic (exact) mass is 261 g/mol. The number of anilines is 1. The Kier molecular flexibility index (Phi) is 4.44. The lowest BCUT2D eigenvalue weighted by Gasteiger charge is -2.01. The molecule has 19 heavy (non-hydrogen) atoms. The predicted molar refractivity (Wildman–Crippen MR) is 68.7 cm³/mol. The van der Waals surface area contributed by atoms with Gasteiger partial charge in [0.15, 0.2) is 0 Å². The van der Waals surface area contributed by atoms with E-state index in [0.717, 1.165) is 5.56 Å². The molecule has 100 valence electrons. The van der Waals surface area contributed by atoms with E-state index in [-0.39, 0.29) is 11.9 Å². The molecule has 7 heteroatoms. The summed E-state index contributed by atoms with van der Waals surface area (Å²) >= 11 is 0. The second-order valence-corrected chi connectivity index (χ2v) is 3.81. The summed E-state index contributed by atoms with van der Waals surface area (Å²) < 4.78 is 5.08. The maximum Gasteiger partial charge on any atom is 0.337 e. The Morgan fingerprint density at radius 2 is 2.42 bits per heavy atom. The number of ether oxygens (including phenoxy) is 1. The van der Waals surface area contributed by atoms with Gasteiger partial charge < -0.3 is 4.74 Å². The summed E-state index contributed by atoms with van der Waals surface area (Å²) in [4.78, 5) is 19.6. The SMILES string of the molecule is CCOc1n[nH]c(NC(=O)CCc2cccnc2)n1. The molecule has 0 bridgehead atoms. The average molecular weight is 261 g/mol. The first kappa shape index (κ1) is 13.0. The molecule has 0 aromatic carbocycles. The van der Waals surface area contributed by atoms with E-state index in [9.17, 15) is 4.79 Å². The Morgan fingerprint density at radius 1 is 1.53 bits per heavy atom. The highest BCUT2D eigenvalue weighted by atomic mass is 16.5. The Hall–Kier alpha value is -2.44. The Balaban J connectivity index is 1.80. The van der Waals surface area contributed by atoms with Crippen molar-refractivity contribution in [3.05, 3.63) is 30.1 Å². The second kappa shape index (κ2) is 6.48. The summed E-state index contributed by atoms with van der Waals surface area (Å²) in [6.45, 7) is 2.31. The number of hydrogen-bond acceptors (Lipinski definition) is 5. The van der Waals surface area contributed by atoms with Crippen molar-refractivity contribution in [3.63, 3.8) is 0 Å². The lowest BCUT2D eigenvalue weighted by Crippen LogP contribution is -2.13. The van der Waals surface area contributed by atoms with Crippen molar-refractivity contribution in [3.8, 4) is 6.01 Å². The van der Waals surface area contributed by atoms with Gasteiger partial charge in [-0.25, -0.2) is 5.10 Å². The third-order valence-corrected chi connectivity index (χ3v) is 2.36. The minimum absolute atomic E-state index is 0.136. The molecule has 2 heterocycles. The van der Waals surface area contributed by atoms with Crippen LogP contribution in [0.1, 0.15) is 18.9 Å². The van der Waals surface area contributed by atoms with Gasteiger partial charge in [-0.3, -0.25) is 15.1 Å². The highest BCUT2D eigenvalue weighted by Gasteiger charge is 2.07. The number of H-pyrrole nitrogens is 1. The molecule has 1 amide bonds. The third-order valence-electron chi connectivity index (χ3n) is 2.36. The number of amides is 1. The maximum atomic E-state index is 11.7. The van der Waals surface area contributed by atoms with E-state index in [2.05, 4.69) is 25.5 Å². The van der Waals surface area contributed by atoms with Gasteiger partial charge in [-0.05, 0) is 25.0 Å². The number of aromatic amines is 1. The van der Waals surface area contributed by atoms with Gasteiger partial charge >= 0.3 is 6.01 Å². The highest BCUT2D eigenvalue weighted by Crippen LogP contribution is 2.07. The number of carbonyl (C=O) groups is 1. The quantitative estimate of drug-likeness (QED) is 0.814. The van der Waals surface area contributed by atoms with Crippen molar-refractivity contribution >= 4 is 11.9 Å². The summed E-state index contributed by atoms with van der Waals surface area (Å²) in [6, 6.07) is 4.00. The summed E-state index contributed by atoms with van der Waals surface area (Å²) in [5, 5.41) is 9.01. The smallest absolute Gasteiger partial charge is 0.337 e. The highest BCUT2D eigenvalue weighted by molar-refractivity contribution is 5.89. The number of carbonyl (C=O) groups excluding carboxylic acids is 1. The van der Waals surface area contributed by atoms with Crippen molar-refractivity contribution < 1.29 is 9.53 Å². The van der Waals surface area contributed by atoms with Crippen LogP contribution >= 0.6 is 0 Å². The van der Waals surface area contributed by atoms with Gasteiger partial charge in [0.05, 0.1) is 6.61 Å². The van der Waals surface area contributed by atoms with Crippen molar-refractivity contribution in [2.75, 3.05) is 11.9 Å². The van der Waals surface area contributed by atoms with Crippen LogP contribution in [-0.2, 0) is 11.2 Å². The molecule has 0 aliphatic rings. The molecule has 0 unspecified atom stereocenters. The average Bonchev–Trinajstić information content (AvgIpc) is 2.85. The van der Waals surface area contributed by atoms with Gasteiger partial charge in [0, 0.05) is 18.8 Å². The molecule has 2 aromatic rings. The van der Waals surface area contributed by atoms with Gasteiger partial charge in [0.1, 0.15) is 0 Å². The van der Waals surface area contributed by atoms with Crippen LogP contribution in [0.25, 0.3) is 0 Å². The summed E-state index contributed by atoms with van der Waals surface area (Å²) in [6.07, 6.45) is 4.44. The van der Waals surface area contributed by atoms with Crippen molar-refractivity contribution in [1.82, 2.24) is 20.2 Å². The third kappa shape index (κ3) is 4.06. The van der Waals surface area contributed by atoms with E-state index >= 15 is 0 Å². The summed E-state index contributed by atoms with van der Waals surface area (Å²) in [5.74, 6) is 0.155. The number of nitrogens with zero attached hydrogens (tertiary/aromatic N) is 3. The zero-order valence-electron chi connectivity index (χ0n) is 10.6. The van der Waals surface area contributed by atoms with Crippen LogP contribution in [0.5, 0.6) is 6.01 Å². The van der Waals surface area contributed by atoms with E-state index in [1.54, 1.807) is 12.4 Å². The van der Waals surface area contributed by atoms with Gasteiger partial charge in [-0.2, -0.15) is 4.98 Å². The second-order valence-electron chi connectivity index (χ2n) is 3.81. The lowest BCUT2D eigenvalue weighted by atomic mass is 10.1. The van der Waals surface area contributed by atoms with E-state index in [4.69, 9.17) is 4.74 Å². The predicted octanol–water partition coefficient (Wildman–Crippen LogP) is 1.17. The fourth-order valence-electron chi connectivity index (χ4n) is 1.49. The van der Waals surface area contributed by atoms with Crippen LogP contribution < -0.4 is 10.1 Å². The van der Waals surface area contributed by atoms with Crippen LogP contribution in [0.3, 0.4) is 0 Å². The number of aryl methyl sites for hydroxylation is 1. The first-order chi connectivity index (χ1) is 9.28. The summed E-state index contributed by atoms with van der Waals surface area (Å²) in [5.41, 5.74) is 1.02. The molecule has 0 spiro atoms. The molecule has 0 radical (unpaired) electrons. The maximum absolute atomic E-state index is 11.7. The first-order valence-corrected chi connectivity index (χ1v) is 6.02. The number of aromatic nitrogens is 4. The summed E-state index contributed by atoms with van der Waals surface area (Å²) in [7, 11) is 0. The zero-order chi connectivity index (χ0) is 13.5. The van der Waals surface area contributed by atoms with E-state index in [1.165, 1.54) is 0 Å². The van der Waals surface area contributed by atoms with Gasteiger partial charge in [0.25, 0.3) is 0 Å².